The minimum atomic E-state index is -0.711. The highest BCUT2D eigenvalue weighted by Crippen LogP contribution is 2.47. The van der Waals surface area contributed by atoms with Crippen LogP contribution in [-0.2, 0) is 4.79 Å². The largest absolute Gasteiger partial charge is 0.350 e. The van der Waals surface area contributed by atoms with Gasteiger partial charge in [-0.15, -0.1) is 11.6 Å². The number of fused-ring (bicyclic) bond motifs is 4. The number of piperidine rings is 2. The highest BCUT2D eigenvalue weighted by Gasteiger charge is 2.44. The first-order chi connectivity index (χ1) is 18.3. The van der Waals surface area contributed by atoms with Crippen molar-refractivity contribution in [2.45, 2.75) is 113 Å². The lowest BCUT2D eigenvalue weighted by Crippen LogP contribution is -2.65. The summed E-state index contributed by atoms with van der Waals surface area (Å²) in [4.78, 5) is 19.4. The first-order valence-corrected chi connectivity index (χ1v) is 16.1. The zero-order valence-corrected chi connectivity index (χ0v) is 24.4. The Morgan fingerprint density at radius 1 is 1.00 bits per heavy atom. The molecule has 218 valence electrons. The minimum absolute atomic E-state index is 0.0171. The van der Waals surface area contributed by atoms with Crippen LogP contribution in [-0.4, -0.2) is 97.2 Å². The summed E-state index contributed by atoms with van der Waals surface area (Å²) in [5.41, 5.74) is 13.1. The van der Waals surface area contributed by atoms with Crippen LogP contribution in [0.2, 0.25) is 0 Å². The number of halogens is 1. The topological polar surface area (TPSA) is 112 Å². The number of hydrogen-bond donors (Lipinski definition) is 5. The number of carbonyl (C=O) groups is 1. The van der Waals surface area contributed by atoms with E-state index in [-0.39, 0.29) is 28.8 Å². The summed E-state index contributed by atoms with van der Waals surface area (Å²) >= 11 is 6.71. The average Bonchev–Trinajstić information content (AvgIpc) is 3.18. The van der Waals surface area contributed by atoms with Gasteiger partial charge in [0.2, 0.25) is 5.91 Å². The highest BCUT2D eigenvalue weighted by atomic mass is 35.5. The first-order valence-electron chi connectivity index (χ1n) is 15.7. The molecule has 9 heteroatoms. The molecule has 5 saturated heterocycles. The number of hydrogen-bond acceptors (Lipinski definition) is 7. The molecule has 1 spiro atoms. The van der Waals surface area contributed by atoms with Gasteiger partial charge in [0.05, 0.1) is 18.1 Å². The third-order valence-corrected chi connectivity index (χ3v) is 11.1. The molecule has 5 aliphatic heterocycles. The van der Waals surface area contributed by atoms with E-state index >= 15 is 0 Å². The Labute approximate surface area is 235 Å². The molecule has 6 fully saturated rings. The summed E-state index contributed by atoms with van der Waals surface area (Å²) in [6.45, 7) is 9.57. The van der Waals surface area contributed by atoms with Crippen molar-refractivity contribution in [1.29, 1.82) is 0 Å². The van der Waals surface area contributed by atoms with Crippen molar-refractivity contribution in [1.82, 2.24) is 25.8 Å². The molecule has 0 aromatic heterocycles. The van der Waals surface area contributed by atoms with Crippen molar-refractivity contribution in [3.8, 4) is 0 Å². The zero-order chi connectivity index (χ0) is 26.7. The van der Waals surface area contributed by atoms with E-state index in [1.54, 1.807) is 0 Å². The molecule has 1 saturated carbocycles. The predicted octanol–water partition coefficient (Wildman–Crippen LogP) is 1.81. The molecule has 8 nitrogen and oxygen atoms in total. The Morgan fingerprint density at radius 2 is 1.76 bits per heavy atom. The van der Waals surface area contributed by atoms with E-state index in [9.17, 15) is 4.79 Å². The molecular weight excluding hydrogens is 498 g/mol. The third-order valence-electron chi connectivity index (χ3n) is 10.7. The average molecular weight is 552 g/mol. The van der Waals surface area contributed by atoms with Gasteiger partial charge in [0.1, 0.15) is 0 Å². The maximum Gasteiger partial charge on any atom is 0.227 e. The highest BCUT2D eigenvalue weighted by molar-refractivity contribution is 6.20. The monoisotopic (exact) mass is 551 g/mol. The van der Waals surface area contributed by atoms with Gasteiger partial charge in [0, 0.05) is 49.7 Å². The van der Waals surface area contributed by atoms with Crippen LogP contribution in [0, 0.1) is 17.3 Å². The van der Waals surface area contributed by atoms with E-state index in [2.05, 4.69) is 32.7 Å². The van der Waals surface area contributed by atoms with Crippen LogP contribution in [0.4, 0.5) is 0 Å². The van der Waals surface area contributed by atoms with Crippen LogP contribution in [0.3, 0.4) is 0 Å². The van der Waals surface area contributed by atoms with Gasteiger partial charge < -0.3 is 32.3 Å². The fraction of sp³-hybridized carbons (Fsp3) is 0.966. The SMILES string of the molecule is CC1CCCC2(CCCC(Cl)CNC(C(C(=O)NC3CNCCC3N3CCN4CCC3CC4)C(N)N)C2)C1. The second-order valence-electron chi connectivity index (χ2n) is 13.5. The Hall–Kier alpha value is -0.480. The van der Waals surface area contributed by atoms with E-state index in [1.165, 1.54) is 58.0 Å². The Balaban J connectivity index is 1.33. The molecule has 7 atom stereocenters. The molecule has 7 N–H and O–H groups in total. The van der Waals surface area contributed by atoms with Gasteiger partial charge in [0.15, 0.2) is 0 Å². The molecule has 1 amide bonds. The number of nitrogens with two attached hydrogens (primary N) is 2. The van der Waals surface area contributed by atoms with Gasteiger partial charge in [0.25, 0.3) is 0 Å². The van der Waals surface area contributed by atoms with Gasteiger partial charge in [-0.3, -0.25) is 9.69 Å². The maximum absolute atomic E-state index is 14.1. The van der Waals surface area contributed by atoms with Crippen molar-refractivity contribution in [2.24, 2.45) is 28.7 Å². The summed E-state index contributed by atoms with van der Waals surface area (Å²) in [6.07, 6.45) is 12.2. The smallest absolute Gasteiger partial charge is 0.227 e. The molecule has 6 rings (SSSR count). The number of nitrogens with zero attached hydrogens (tertiary/aromatic N) is 2. The summed E-state index contributed by atoms with van der Waals surface area (Å²) in [5.74, 6) is 0.271. The van der Waals surface area contributed by atoms with Crippen LogP contribution in [0.1, 0.15) is 77.6 Å². The first kappa shape index (κ1) is 29.0. The van der Waals surface area contributed by atoms with Crippen LogP contribution < -0.4 is 27.4 Å². The van der Waals surface area contributed by atoms with Crippen LogP contribution in [0.25, 0.3) is 0 Å². The van der Waals surface area contributed by atoms with Gasteiger partial charge in [-0.1, -0.05) is 26.2 Å². The van der Waals surface area contributed by atoms with Gasteiger partial charge in [-0.05, 0) is 82.3 Å². The fourth-order valence-corrected chi connectivity index (χ4v) is 9.04. The van der Waals surface area contributed by atoms with E-state index in [0.717, 1.165) is 57.8 Å². The molecule has 0 aromatic carbocycles. The Kier molecular flexibility index (Phi) is 9.94. The number of alkyl halides is 1. The zero-order valence-electron chi connectivity index (χ0n) is 23.7. The molecule has 1 aliphatic carbocycles. The molecule has 38 heavy (non-hydrogen) atoms. The number of amides is 1. The Bertz CT molecular complexity index is 778. The van der Waals surface area contributed by atoms with E-state index in [0.29, 0.717) is 18.6 Å². The van der Waals surface area contributed by atoms with E-state index in [1.807, 2.05) is 0 Å². The molecule has 0 radical (unpaired) electrons. The normalized spacial score (nSPS) is 42.2. The van der Waals surface area contributed by atoms with Gasteiger partial charge in [-0.25, -0.2) is 0 Å². The quantitative estimate of drug-likeness (QED) is 0.262. The lowest BCUT2D eigenvalue weighted by molar-refractivity contribution is -0.128. The molecule has 6 aliphatic rings. The molecule has 0 aromatic rings. The van der Waals surface area contributed by atoms with E-state index < -0.39 is 12.1 Å². The van der Waals surface area contributed by atoms with Crippen molar-refractivity contribution in [3.05, 3.63) is 0 Å². The summed E-state index contributed by atoms with van der Waals surface area (Å²) < 4.78 is 0. The molecule has 5 heterocycles. The van der Waals surface area contributed by atoms with E-state index in [4.69, 9.17) is 23.1 Å². The number of nitrogens with one attached hydrogen (secondary N) is 3. The summed E-state index contributed by atoms with van der Waals surface area (Å²) in [7, 11) is 0. The molecule has 7 unspecified atom stereocenters. The van der Waals surface area contributed by atoms with Crippen LogP contribution in [0.15, 0.2) is 0 Å². The van der Waals surface area contributed by atoms with Gasteiger partial charge >= 0.3 is 0 Å². The van der Waals surface area contributed by atoms with Crippen molar-refractivity contribution in [3.63, 3.8) is 0 Å². The second kappa shape index (κ2) is 13.0. The predicted molar refractivity (Wildman–Crippen MR) is 155 cm³/mol. The van der Waals surface area contributed by atoms with Gasteiger partial charge in [-0.2, -0.15) is 0 Å². The van der Waals surface area contributed by atoms with Crippen LogP contribution >= 0.6 is 11.6 Å². The third kappa shape index (κ3) is 6.87. The standard InChI is InChI=1S/C29H54ClN7O/c1-20-4-2-9-29(16-20)10-3-5-21(30)18-34-23(17-29)26(27(31)32)28(38)35-24-19-33-11-6-25(24)37-15-14-36-12-7-22(37)8-13-36/h20-27,33-34H,2-19,31-32H2,1H3,(H,35,38). The lowest BCUT2D eigenvalue weighted by Gasteiger charge is -2.45. The van der Waals surface area contributed by atoms with Crippen LogP contribution in [0.5, 0.6) is 0 Å². The summed E-state index contributed by atoms with van der Waals surface area (Å²) in [6, 6.07) is 1.01. The molecular formula is C29H54ClN7O. The maximum atomic E-state index is 14.1. The fourth-order valence-electron chi connectivity index (χ4n) is 8.80. The second-order valence-corrected chi connectivity index (χ2v) is 14.1. The Morgan fingerprint density at radius 3 is 2.50 bits per heavy atom. The van der Waals surface area contributed by atoms with Crippen molar-refractivity contribution in [2.75, 3.05) is 45.8 Å². The number of carbonyl (C=O) groups excluding carboxylic acids is 1. The minimum Gasteiger partial charge on any atom is -0.350 e. The van der Waals surface area contributed by atoms with Crippen molar-refractivity contribution < 1.29 is 4.79 Å². The summed E-state index contributed by atoms with van der Waals surface area (Å²) in [5, 5.41) is 10.8. The molecule has 2 bridgehead atoms. The lowest BCUT2D eigenvalue weighted by atomic mass is 9.63. The number of rotatable bonds is 5. The van der Waals surface area contributed by atoms with Crippen molar-refractivity contribution >= 4 is 17.5 Å².